The number of carbonyl (C=O) groups excluding carboxylic acids is 1. The minimum atomic E-state index is -4.23. The molecule has 1 unspecified atom stereocenters. The molecule has 0 aromatic rings. The second-order valence-electron chi connectivity index (χ2n) is 5.00. The van der Waals surface area contributed by atoms with Gasteiger partial charge in [-0.25, -0.2) is 0 Å². The number of hydrogen-bond donors (Lipinski definition) is 1. The number of alkyl halides is 3. The van der Waals surface area contributed by atoms with Crippen LogP contribution in [-0.4, -0.2) is 55.9 Å². The molecule has 0 bridgehead atoms. The van der Waals surface area contributed by atoms with Crippen molar-refractivity contribution < 1.29 is 22.7 Å². The number of ether oxygens (including phenoxy) is 1. The fraction of sp³-hybridized carbons (Fsp3) is 0.923. The fourth-order valence-corrected chi connectivity index (χ4v) is 2.10. The van der Waals surface area contributed by atoms with E-state index in [4.69, 9.17) is 4.74 Å². The van der Waals surface area contributed by atoms with Crippen LogP contribution in [0, 0.1) is 0 Å². The molecule has 0 saturated carbocycles. The van der Waals surface area contributed by atoms with E-state index < -0.39 is 24.2 Å². The van der Waals surface area contributed by atoms with E-state index >= 15 is 0 Å². The molecular weight excluding hydrogens is 273 g/mol. The zero-order valence-corrected chi connectivity index (χ0v) is 12.6. The molecule has 0 spiro atoms. The van der Waals surface area contributed by atoms with Crippen LogP contribution in [0.2, 0.25) is 0 Å². The average molecular weight is 298 g/mol. The summed E-state index contributed by atoms with van der Waals surface area (Å²) >= 11 is 0. The molecule has 0 aliphatic heterocycles. The number of carbonyl (C=O) groups is 1. The second-order valence-corrected chi connectivity index (χ2v) is 5.00. The van der Waals surface area contributed by atoms with Crippen molar-refractivity contribution in [1.82, 2.24) is 10.2 Å². The van der Waals surface area contributed by atoms with Crippen molar-refractivity contribution in [2.24, 2.45) is 0 Å². The zero-order chi connectivity index (χ0) is 15.8. The van der Waals surface area contributed by atoms with Crippen LogP contribution in [0.5, 0.6) is 0 Å². The van der Waals surface area contributed by atoms with E-state index in [1.807, 2.05) is 13.8 Å². The number of rotatable bonds is 9. The Kier molecular flexibility index (Phi) is 8.12. The summed E-state index contributed by atoms with van der Waals surface area (Å²) in [6.45, 7) is 5.44. The Balaban J connectivity index is 4.66. The van der Waals surface area contributed by atoms with Crippen LogP contribution in [0.15, 0.2) is 0 Å². The summed E-state index contributed by atoms with van der Waals surface area (Å²) in [7, 11) is 1.28. The molecule has 0 aromatic heterocycles. The van der Waals surface area contributed by atoms with Crippen molar-refractivity contribution in [3.8, 4) is 0 Å². The minimum Gasteiger partial charge on any atom is -0.468 e. The van der Waals surface area contributed by atoms with E-state index in [-0.39, 0.29) is 13.0 Å². The molecule has 0 radical (unpaired) electrons. The summed E-state index contributed by atoms with van der Waals surface area (Å²) in [6, 6.07) is 0. The van der Waals surface area contributed by atoms with Crippen LogP contribution in [0.4, 0.5) is 13.2 Å². The molecule has 1 N–H and O–H groups in total. The van der Waals surface area contributed by atoms with Gasteiger partial charge in [-0.2, -0.15) is 13.2 Å². The number of nitrogens with one attached hydrogen (secondary N) is 1. The lowest BCUT2D eigenvalue weighted by Crippen LogP contribution is -2.52. The molecule has 0 amide bonds. The minimum absolute atomic E-state index is 0.186. The predicted octanol–water partition coefficient (Wildman–Crippen LogP) is 2.19. The Labute approximate surface area is 118 Å². The molecule has 0 aliphatic carbocycles. The molecule has 0 rings (SSSR count). The molecule has 0 aromatic carbocycles. The number of methoxy groups -OCH3 is 1. The van der Waals surface area contributed by atoms with Gasteiger partial charge < -0.3 is 10.1 Å². The smallest absolute Gasteiger partial charge is 0.401 e. The van der Waals surface area contributed by atoms with E-state index in [0.717, 1.165) is 0 Å². The third kappa shape index (κ3) is 7.09. The van der Waals surface area contributed by atoms with Crippen LogP contribution in [0.1, 0.15) is 33.6 Å². The summed E-state index contributed by atoms with van der Waals surface area (Å²) in [5, 5.41) is 2.99. The number of hydrogen-bond acceptors (Lipinski definition) is 4. The normalized spacial score (nSPS) is 15.2. The number of halogens is 3. The molecule has 7 heteroatoms. The molecule has 0 saturated heterocycles. The maximum Gasteiger partial charge on any atom is 0.401 e. The van der Waals surface area contributed by atoms with Gasteiger partial charge in [0.25, 0.3) is 0 Å². The lowest BCUT2D eigenvalue weighted by atomic mass is 9.97. The number of esters is 1. The molecule has 0 fully saturated rings. The van der Waals surface area contributed by atoms with E-state index in [1.165, 1.54) is 12.0 Å². The zero-order valence-electron chi connectivity index (χ0n) is 12.6. The first-order chi connectivity index (χ1) is 9.18. The van der Waals surface area contributed by atoms with Gasteiger partial charge >= 0.3 is 12.1 Å². The summed E-state index contributed by atoms with van der Waals surface area (Å²) in [4.78, 5) is 13.1. The molecule has 20 heavy (non-hydrogen) atoms. The Hall–Kier alpha value is -0.820. The molecule has 4 nitrogen and oxygen atoms in total. The van der Waals surface area contributed by atoms with Crippen LogP contribution >= 0.6 is 0 Å². The standard InChI is InChI=1S/C13H25F3N2O2/c1-5-8-18(10-13(14,15)16)9-7-12(3,17-6-2)11(19)20-4/h17H,5-10H2,1-4H3. The quantitative estimate of drug-likeness (QED) is 0.663. The highest BCUT2D eigenvalue weighted by Gasteiger charge is 2.35. The molecule has 0 heterocycles. The first-order valence-corrected chi connectivity index (χ1v) is 6.81. The maximum absolute atomic E-state index is 12.5. The summed E-state index contributed by atoms with van der Waals surface area (Å²) in [6.07, 6.45) is -3.33. The van der Waals surface area contributed by atoms with Crippen molar-refractivity contribution >= 4 is 5.97 Å². The lowest BCUT2D eigenvalue weighted by molar-refractivity contribution is -0.150. The van der Waals surface area contributed by atoms with E-state index in [2.05, 4.69) is 5.32 Å². The average Bonchev–Trinajstić information content (AvgIpc) is 2.34. The summed E-state index contributed by atoms with van der Waals surface area (Å²) in [5.41, 5.74) is -0.957. The highest BCUT2D eigenvalue weighted by atomic mass is 19.4. The predicted molar refractivity (Wildman–Crippen MR) is 71.5 cm³/mol. The summed E-state index contributed by atoms with van der Waals surface area (Å²) in [5.74, 6) is -0.456. The number of likely N-dealkylation sites (N-methyl/N-ethyl adjacent to an activating group) is 1. The van der Waals surface area contributed by atoms with Gasteiger partial charge in [0.15, 0.2) is 0 Å². The van der Waals surface area contributed by atoms with Gasteiger partial charge in [-0.15, -0.1) is 0 Å². The van der Waals surface area contributed by atoms with E-state index in [1.54, 1.807) is 6.92 Å². The van der Waals surface area contributed by atoms with Crippen LogP contribution in [0.3, 0.4) is 0 Å². The van der Waals surface area contributed by atoms with Crippen molar-refractivity contribution in [2.75, 3.05) is 33.3 Å². The lowest BCUT2D eigenvalue weighted by Gasteiger charge is -2.31. The van der Waals surface area contributed by atoms with Gasteiger partial charge in [0.1, 0.15) is 5.54 Å². The Morgan fingerprint density at radius 3 is 2.25 bits per heavy atom. The van der Waals surface area contributed by atoms with E-state index in [0.29, 0.717) is 19.5 Å². The van der Waals surface area contributed by atoms with Gasteiger partial charge in [-0.05, 0) is 32.9 Å². The molecule has 1 atom stereocenters. The third-order valence-corrected chi connectivity index (χ3v) is 3.07. The van der Waals surface area contributed by atoms with Crippen LogP contribution in [0.25, 0.3) is 0 Å². The SMILES string of the molecule is CCCN(CCC(C)(NCC)C(=O)OC)CC(F)(F)F. The Morgan fingerprint density at radius 1 is 1.25 bits per heavy atom. The Morgan fingerprint density at radius 2 is 1.85 bits per heavy atom. The van der Waals surface area contributed by atoms with Gasteiger partial charge in [-0.3, -0.25) is 9.69 Å². The fourth-order valence-electron chi connectivity index (χ4n) is 2.10. The van der Waals surface area contributed by atoms with E-state index in [9.17, 15) is 18.0 Å². The van der Waals surface area contributed by atoms with Crippen molar-refractivity contribution in [1.29, 1.82) is 0 Å². The first kappa shape index (κ1) is 19.2. The second kappa shape index (κ2) is 8.46. The largest absolute Gasteiger partial charge is 0.468 e. The van der Waals surface area contributed by atoms with Crippen LogP contribution in [-0.2, 0) is 9.53 Å². The van der Waals surface area contributed by atoms with Crippen molar-refractivity contribution in [2.45, 2.75) is 45.3 Å². The number of nitrogens with zero attached hydrogens (tertiary/aromatic N) is 1. The van der Waals surface area contributed by atoms with Gasteiger partial charge in [0, 0.05) is 6.54 Å². The first-order valence-electron chi connectivity index (χ1n) is 6.81. The maximum atomic E-state index is 12.5. The third-order valence-electron chi connectivity index (χ3n) is 3.07. The van der Waals surface area contributed by atoms with Crippen molar-refractivity contribution in [3.63, 3.8) is 0 Å². The van der Waals surface area contributed by atoms with Gasteiger partial charge in [-0.1, -0.05) is 13.8 Å². The molecular formula is C13H25F3N2O2. The van der Waals surface area contributed by atoms with Gasteiger partial charge in [0.2, 0.25) is 0 Å². The summed E-state index contributed by atoms with van der Waals surface area (Å²) < 4.78 is 42.1. The highest BCUT2D eigenvalue weighted by molar-refractivity contribution is 5.80. The monoisotopic (exact) mass is 298 g/mol. The van der Waals surface area contributed by atoms with Crippen LogP contribution < -0.4 is 5.32 Å². The molecule has 0 aliphatic rings. The van der Waals surface area contributed by atoms with Crippen molar-refractivity contribution in [3.05, 3.63) is 0 Å². The Bertz CT molecular complexity index is 298. The highest BCUT2D eigenvalue weighted by Crippen LogP contribution is 2.19. The molecule has 120 valence electrons. The van der Waals surface area contributed by atoms with Gasteiger partial charge in [0.05, 0.1) is 13.7 Å². The topological polar surface area (TPSA) is 41.6 Å².